The normalized spacial score (nSPS) is 18.9. The molecule has 1 aliphatic heterocycles. The molecule has 3 rings (SSSR count). The van der Waals surface area contributed by atoms with Crippen LogP contribution in [0.25, 0.3) is 0 Å². The lowest BCUT2D eigenvalue weighted by Crippen LogP contribution is -2.17. The van der Waals surface area contributed by atoms with Crippen molar-refractivity contribution in [3.8, 4) is 0 Å². The Bertz CT molecular complexity index is 534. The van der Waals surface area contributed by atoms with Gasteiger partial charge in [0, 0.05) is 10.0 Å². The Balaban J connectivity index is 1.86. The first kappa shape index (κ1) is 10.6. The Labute approximate surface area is 106 Å². The van der Waals surface area contributed by atoms with Crippen molar-refractivity contribution in [2.45, 2.75) is 6.23 Å². The average Bonchev–Trinajstić information content (AvgIpc) is 3.00. The van der Waals surface area contributed by atoms with E-state index in [4.69, 9.17) is 9.25 Å². The highest BCUT2D eigenvalue weighted by Gasteiger charge is 2.22. The van der Waals surface area contributed by atoms with Gasteiger partial charge in [-0.2, -0.15) is 0 Å². The van der Waals surface area contributed by atoms with Crippen LogP contribution in [0, 0.1) is 0 Å². The Morgan fingerprint density at radius 3 is 2.71 bits per heavy atom. The van der Waals surface area contributed by atoms with Crippen molar-refractivity contribution in [3.63, 3.8) is 0 Å². The second kappa shape index (κ2) is 4.35. The van der Waals surface area contributed by atoms with Crippen LogP contribution in [0.5, 0.6) is 0 Å². The van der Waals surface area contributed by atoms with E-state index in [0.717, 1.165) is 10.0 Å². The van der Waals surface area contributed by atoms with Crippen LogP contribution in [0.3, 0.4) is 0 Å². The molecule has 1 aliphatic rings. The van der Waals surface area contributed by atoms with Gasteiger partial charge in [-0.25, -0.2) is 15.3 Å². The van der Waals surface area contributed by atoms with Gasteiger partial charge in [0.1, 0.15) is 0 Å². The molecule has 2 heterocycles. The number of nitrogens with zero attached hydrogens (tertiary/aromatic N) is 1. The SMILES string of the molecule is Brc1ccc(C2=NC(c3ccco3)ON2)cc1. The van der Waals surface area contributed by atoms with Crippen molar-refractivity contribution in [1.29, 1.82) is 0 Å². The van der Waals surface area contributed by atoms with Crippen LogP contribution >= 0.6 is 15.9 Å². The number of nitrogens with one attached hydrogen (secondary N) is 1. The zero-order chi connectivity index (χ0) is 11.7. The maximum atomic E-state index is 5.34. The van der Waals surface area contributed by atoms with Gasteiger partial charge in [-0.3, -0.25) is 0 Å². The first-order chi connectivity index (χ1) is 8.33. The van der Waals surface area contributed by atoms with Gasteiger partial charge in [-0.15, -0.1) is 0 Å². The average molecular weight is 293 g/mol. The Kier molecular flexibility index (Phi) is 2.70. The third-order valence-electron chi connectivity index (χ3n) is 2.42. The van der Waals surface area contributed by atoms with Gasteiger partial charge >= 0.3 is 0 Å². The number of furan rings is 1. The van der Waals surface area contributed by atoms with Gasteiger partial charge in [0.2, 0.25) is 6.23 Å². The topological polar surface area (TPSA) is 46.8 Å². The molecular formula is C12H9BrN2O2. The Morgan fingerprint density at radius 1 is 1.18 bits per heavy atom. The van der Waals surface area contributed by atoms with Crippen molar-refractivity contribution in [1.82, 2.24) is 5.48 Å². The molecule has 0 saturated carbocycles. The molecule has 0 aliphatic carbocycles. The molecule has 0 amide bonds. The molecule has 17 heavy (non-hydrogen) atoms. The van der Waals surface area contributed by atoms with Crippen molar-refractivity contribution >= 4 is 21.8 Å². The van der Waals surface area contributed by atoms with E-state index in [1.54, 1.807) is 6.26 Å². The predicted octanol–water partition coefficient (Wildman–Crippen LogP) is 3.02. The highest BCUT2D eigenvalue weighted by Crippen LogP contribution is 2.23. The number of aliphatic imine (C=N–C) groups is 1. The smallest absolute Gasteiger partial charge is 0.234 e. The fourth-order valence-corrected chi connectivity index (χ4v) is 1.84. The van der Waals surface area contributed by atoms with E-state index in [2.05, 4.69) is 26.4 Å². The molecular weight excluding hydrogens is 284 g/mol. The number of hydroxylamine groups is 1. The molecule has 0 saturated heterocycles. The van der Waals surface area contributed by atoms with Gasteiger partial charge in [-0.05, 0) is 24.3 Å². The summed E-state index contributed by atoms with van der Waals surface area (Å²) >= 11 is 3.39. The maximum absolute atomic E-state index is 5.34. The number of rotatable bonds is 2. The third kappa shape index (κ3) is 2.11. The molecule has 1 unspecified atom stereocenters. The standard InChI is InChI=1S/C12H9BrN2O2/c13-9-5-3-8(4-6-9)11-14-12(17-15-11)10-2-1-7-16-10/h1-7,12H,(H,14,15). The summed E-state index contributed by atoms with van der Waals surface area (Å²) in [6.07, 6.45) is 1.19. The van der Waals surface area contributed by atoms with E-state index in [-0.39, 0.29) is 0 Å². The molecule has 0 radical (unpaired) electrons. The maximum Gasteiger partial charge on any atom is 0.234 e. The molecule has 1 aromatic heterocycles. The number of benzene rings is 1. The number of halogens is 1. The van der Waals surface area contributed by atoms with E-state index in [1.807, 2.05) is 36.4 Å². The quantitative estimate of drug-likeness (QED) is 0.925. The summed E-state index contributed by atoms with van der Waals surface area (Å²) < 4.78 is 6.27. The number of amidine groups is 1. The molecule has 5 heteroatoms. The van der Waals surface area contributed by atoms with Gasteiger partial charge in [0.25, 0.3) is 0 Å². The molecule has 0 bridgehead atoms. The lowest BCUT2D eigenvalue weighted by molar-refractivity contribution is 0.0244. The Morgan fingerprint density at radius 2 is 2.00 bits per heavy atom. The second-order valence-electron chi connectivity index (χ2n) is 3.57. The minimum atomic E-state index is -0.413. The van der Waals surface area contributed by atoms with Crippen LogP contribution < -0.4 is 5.48 Å². The Hall–Kier alpha value is -1.59. The molecule has 0 spiro atoms. The summed E-state index contributed by atoms with van der Waals surface area (Å²) in [7, 11) is 0. The van der Waals surface area contributed by atoms with Crippen LogP contribution in [-0.4, -0.2) is 5.84 Å². The van der Waals surface area contributed by atoms with Crippen LogP contribution in [0.4, 0.5) is 0 Å². The van der Waals surface area contributed by atoms with Crippen LogP contribution in [0.1, 0.15) is 17.6 Å². The largest absolute Gasteiger partial charge is 0.464 e. The summed E-state index contributed by atoms with van der Waals surface area (Å²) in [5.41, 5.74) is 3.78. The molecule has 1 atom stereocenters. The van der Waals surface area contributed by atoms with Crippen molar-refractivity contribution in [2.75, 3.05) is 0 Å². The minimum Gasteiger partial charge on any atom is -0.464 e. The highest BCUT2D eigenvalue weighted by molar-refractivity contribution is 9.10. The van der Waals surface area contributed by atoms with Crippen molar-refractivity contribution in [3.05, 3.63) is 58.5 Å². The second-order valence-corrected chi connectivity index (χ2v) is 4.49. The molecule has 4 nitrogen and oxygen atoms in total. The summed E-state index contributed by atoms with van der Waals surface area (Å²) in [5, 5.41) is 0. The van der Waals surface area contributed by atoms with Gasteiger partial charge in [0.15, 0.2) is 11.6 Å². The lowest BCUT2D eigenvalue weighted by atomic mass is 10.2. The van der Waals surface area contributed by atoms with E-state index in [9.17, 15) is 0 Å². The fourth-order valence-electron chi connectivity index (χ4n) is 1.58. The lowest BCUT2D eigenvalue weighted by Gasteiger charge is -2.01. The van der Waals surface area contributed by atoms with Crippen LogP contribution in [0.2, 0.25) is 0 Å². The summed E-state index contributed by atoms with van der Waals surface area (Å²) in [6, 6.07) is 11.5. The highest BCUT2D eigenvalue weighted by atomic mass is 79.9. The van der Waals surface area contributed by atoms with E-state index in [0.29, 0.717) is 11.6 Å². The zero-order valence-corrected chi connectivity index (χ0v) is 10.3. The molecule has 1 aromatic carbocycles. The molecule has 1 N–H and O–H groups in total. The van der Waals surface area contributed by atoms with E-state index >= 15 is 0 Å². The molecule has 0 fully saturated rings. The van der Waals surface area contributed by atoms with Crippen LogP contribution in [-0.2, 0) is 4.84 Å². The zero-order valence-electron chi connectivity index (χ0n) is 8.76. The van der Waals surface area contributed by atoms with Gasteiger partial charge in [-0.1, -0.05) is 28.1 Å². The minimum absolute atomic E-state index is 0.413. The number of hydrogen-bond donors (Lipinski definition) is 1. The molecule has 2 aromatic rings. The summed E-state index contributed by atoms with van der Waals surface area (Å²) in [6.45, 7) is 0. The van der Waals surface area contributed by atoms with Crippen molar-refractivity contribution < 1.29 is 9.25 Å². The summed E-state index contributed by atoms with van der Waals surface area (Å²) in [4.78, 5) is 9.74. The predicted molar refractivity (Wildman–Crippen MR) is 66.3 cm³/mol. The van der Waals surface area contributed by atoms with Gasteiger partial charge < -0.3 is 4.42 Å². The summed E-state index contributed by atoms with van der Waals surface area (Å²) in [5.74, 6) is 1.39. The fraction of sp³-hybridized carbons (Fsp3) is 0.0833. The molecule has 86 valence electrons. The van der Waals surface area contributed by atoms with E-state index in [1.165, 1.54) is 0 Å². The third-order valence-corrected chi connectivity index (χ3v) is 2.95. The van der Waals surface area contributed by atoms with Crippen molar-refractivity contribution in [2.24, 2.45) is 4.99 Å². The number of hydrogen-bond acceptors (Lipinski definition) is 4. The van der Waals surface area contributed by atoms with E-state index < -0.39 is 6.23 Å². The first-order valence-electron chi connectivity index (χ1n) is 5.12. The first-order valence-corrected chi connectivity index (χ1v) is 5.91. The monoisotopic (exact) mass is 292 g/mol. The van der Waals surface area contributed by atoms with Crippen LogP contribution in [0.15, 0.2) is 56.5 Å². The van der Waals surface area contributed by atoms with Gasteiger partial charge in [0.05, 0.1) is 6.26 Å².